The maximum absolute atomic E-state index is 10.1. The fourth-order valence-electron chi connectivity index (χ4n) is 0.480. The summed E-state index contributed by atoms with van der Waals surface area (Å²) in [6.45, 7) is -0.442. The quantitative estimate of drug-likeness (QED) is 0.295. The fraction of sp³-hybridized carbons (Fsp3) is 0.833. The van der Waals surface area contributed by atoms with Crippen LogP contribution in [0, 0.1) is 0 Å². The highest BCUT2D eigenvalue weighted by atomic mass is 16.8. The van der Waals surface area contributed by atoms with E-state index in [0.29, 0.717) is 0 Å². The van der Waals surface area contributed by atoms with Crippen LogP contribution in [-0.4, -0.2) is 58.0 Å². The van der Waals surface area contributed by atoms with Crippen LogP contribution in [0.5, 0.6) is 0 Å². The van der Waals surface area contributed by atoms with Gasteiger partial charge in [-0.15, -0.1) is 0 Å². The number of hydrogen-bond acceptors (Lipinski definition) is 7. The lowest BCUT2D eigenvalue weighted by Crippen LogP contribution is -2.37. The van der Waals surface area contributed by atoms with E-state index in [2.05, 4.69) is 4.74 Å². The molecule has 0 aromatic rings. The molecule has 1 aliphatic heterocycles. The zero-order valence-corrected chi connectivity index (χ0v) is 6.88. The van der Waals surface area contributed by atoms with Crippen LogP contribution in [0.4, 0.5) is 0 Å². The summed E-state index contributed by atoms with van der Waals surface area (Å²) in [5, 5.41) is 32.7. The first-order chi connectivity index (χ1) is 6.02. The predicted octanol–water partition coefficient (Wildman–Crippen LogP) is -3.48. The number of carbonyl (C=O) groups is 1. The molecule has 2 atom stereocenters. The molecule has 2 unspecified atom stereocenters. The Morgan fingerprint density at radius 3 is 1.92 bits per heavy atom. The third-order valence-electron chi connectivity index (χ3n) is 1.27. The van der Waals surface area contributed by atoms with Gasteiger partial charge in [0.25, 0.3) is 0 Å². The van der Waals surface area contributed by atoms with Crippen molar-refractivity contribution in [1.29, 1.82) is 0 Å². The summed E-state index contributed by atoms with van der Waals surface area (Å²) in [6, 6.07) is 0. The second-order valence-electron chi connectivity index (χ2n) is 2.28. The van der Waals surface area contributed by atoms with Gasteiger partial charge >= 0.3 is 11.8 Å². The zero-order chi connectivity index (χ0) is 10.5. The minimum Gasteiger partial charge on any atom is -0.414 e. The third kappa shape index (κ3) is 3.25. The molecule has 0 saturated carbocycles. The maximum Gasteiger partial charge on any atom is 0.385 e. The van der Waals surface area contributed by atoms with Crippen LogP contribution < -0.4 is 5.73 Å². The van der Waals surface area contributed by atoms with Crippen molar-refractivity contribution in [1.82, 2.24) is 0 Å². The molecular formula is C6H13NO6. The zero-order valence-electron chi connectivity index (χ0n) is 6.88. The molecule has 1 fully saturated rings. The molecule has 0 aromatic heterocycles. The number of rotatable bonds is 3. The molecule has 13 heavy (non-hydrogen) atoms. The molecule has 1 heterocycles. The lowest BCUT2D eigenvalue weighted by molar-refractivity contribution is -0.120. The van der Waals surface area contributed by atoms with Crippen molar-refractivity contribution >= 4 is 5.97 Å². The second kappa shape index (κ2) is 5.10. The van der Waals surface area contributed by atoms with E-state index >= 15 is 0 Å². The lowest BCUT2D eigenvalue weighted by Gasteiger charge is -2.05. The molecule has 6 N–H and O–H groups in total. The largest absolute Gasteiger partial charge is 0.414 e. The third-order valence-corrected chi connectivity index (χ3v) is 1.27. The number of ether oxygens (including phenoxy) is 1. The van der Waals surface area contributed by atoms with E-state index < -0.39 is 17.9 Å². The SMILES string of the molecule is NCC(O)C1(O)OC1=O.OCCO. The van der Waals surface area contributed by atoms with E-state index in [4.69, 9.17) is 26.2 Å². The molecule has 7 heteroatoms. The molecule has 0 spiro atoms. The Morgan fingerprint density at radius 1 is 1.46 bits per heavy atom. The molecular weight excluding hydrogens is 182 g/mol. The topological polar surface area (TPSA) is 137 Å². The summed E-state index contributed by atoms with van der Waals surface area (Å²) in [5.41, 5.74) is 4.92. The van der Waals surface area contributed by atoms with Crippen molar-refractivity contribution in [2.24, 2.45) is 5.73 Å². The summed E-state index contributed by atoms with van der Waals surface area (Å²) in [5.74, 6) is -2.81. The average molecular weight is 195 g/mol. The average Bonchev–Trinajstić information content (AvgIpc) is 2.75. The molecule has 0 bridgehead atoms. The van der Waals surface area contributed by atoms with Gasteiger partial charge in [-0.25, -0.2) is 4.79 Å². The van der Waals surface area contributed by atoms with Gasteiger partial charge < -0.3 is 30.9 Å². The van der Waals surface area contributed by atoms with E-state index in [1.165, 1.54) is 0 Å². The number of carbonyl (C=O) groups excluding carboxylic acids is 1. The number of epoxide rings is 1. The minimum absolute atomic E-state index is 0.125. The molecule has 1 aliphatic rings. The van der Waals surface area contributed by atoms with Crippen LogP contribution in [0.25, 0.3) is 0 Å². The Hall–Kier alpha value is -0.730. The van der Waals surface area contributed by atoms with Gasteiger partial charge in [0.05, 0.1) is 13.2 Å². The number of nitrogens with two attached hydrogens (primary N) is 1. The van der Waals surface area contributed by atoms with E-state index in [9.17, 15) is 4.79 Å². The van der Waals surface area contributed by atoms with E-state index in [-0.39, 0.29) is 19.8 Å². The first-order valence-electron chi connectivity index (χ1n) is 3.58. The van der Waals surface area contributed by atoms with Gasteiger partial charge in [-0.2, -0.15) is 0 Å². The molecule has 0 radical (unpaired) electrons. The van der Waals surface area contributed by atoms with Gasteiger partial charge in [0.2, 0.25) is 0 Å². The Labute approximate surface area is 74.4 Å². The summed E-state index contributed by atoms with van der Waals surface area (Å²) in [4.78, 5) is 10.1. The van der Waals surface area contributed by atoms with Crippen molar-refractivity contribution in [3.8, 4) is 0 Å². The molecule has 78 valence electrons. The van der Waals surface area contributed by atoms with Gasteiger partial charge in [-0.3, -0.25) is 0 Å². The van der Waals surface area contributed by atoms with Crippen LogP contribution in [0.1, 0.15) is 0 Å². The summed E-state index contributed by atoms with van der Waals surface area (Å²) in [7, 11) is 0. The first-order valence-corrected chi connectivity index (χ1v) is 3.58. The normalized spacial score (nSPS) is 27.0. The van der Waals surface area contributed by atoms with Gasteiger partial charge in [-0.1, -0.05) is 0 Å². The van der Waals surface area contributed by atoms with Gasteiger partial charge in [-0.05, 0) is 0 Å². The number of cyclic esters (lactones) is 1. The maximum atomic E-state index is 10.1. The molecule has 1 rings (SSSR count). The van der Waals surface area contributed by atoms with Crippen LogP contribution in [0.15, 0.2) is 0 Å². The van der Waals surface area contributed by atoms with E-state index in [1.54, 1.807) is 0 Å². The van der Waals surface area contributed by atoms with Crippen LogP contribution in [-0.2, 0) is 9.53 Å². The van der Waals surface area contributed by atoms with Gasteiger partial charge in [0.1, 0.15) is 6.10 Å². The van der Waals surface area contributed by atoms with Crippen molar-refractivity contribution in [3.05, 3.63) is 0 Å². The van der Waals surface area contributed by atoms with Crippen molar-refractivity contribution < 1.29 is 30.0 Å². The van der Waals surface area contributed by atoms with Crippen molar-refractivity contribution in [2.75, 3.05) is 19.8 Å². The van der Waals surface area contributed by atoms with Gasteiger partial charge in [0.15, 0.2) is 0 Å². The van der Waals surface area contributed by atoms with E-state index in [1.807, 2.05) is 0 Å². The smallest absolute Gasteiger partial charge is 0.385 e. The molecule has 0 amide bonds. The summed E-state index contributed by atoms with van der Waals surface area (Å²) >= 11 is 0. The number of hydrogen-bond donors (Lipinski definition) is 5. The Balaban J connectivity index is 0.000000310. The molecule has 0 aliphatic carbocycles. The summed E-state index contributed by atoms with van der Waals surface area (Å²) < 4.78 is 4.04. The van der Waals surface area contributed by atoms with Crippen molar-refractivity contribution in [3.63, 3.8) is 0 Å². The molecule has 0 aromatic carbocycles. The second-order valence-corrected chi connectivity index (χ2v) is 2.28. The highest BCUT2D eigenvalue weighted by Crippen LogP contribution is 2.28. The minimum atomic E-state index is -1.99. The highest BCUT2D eigenvalue weighted by Gasteiger charge is 2.62. The summed E-state index contributed by atoms with van der Waals surface area (Å²) in [6.07, 6.45) is -1.30. The predicted molar refractivity (Wildman–Crippen MR) is 40.3 cm³/mol. The fourth-order valence-corrected chi connectivity index (χ4v) is 0.480. The van der Waals surface area contributed by atoms with Crippen LogP contribution in [0.3, 0.4) is 0 Å². The first kappa shape index (κ1) is 12.3. The number of aliphatic hydroxyl groups excluding tert-OH is 3. The molecule has 7 nitrogen and oxygen atoms in total. The van der Waals surface area contributed by atoms with E-state index in [0.717, 1.165) is 0 Å². The van der Waals surface area contributed by atoms with Gasteiger partial charge in [0, 0.05) is 6.54 Å². The molecule has 1 saturated heterocycles. The Morgan fingerprint density at radius 2 is 1.85 bits per heavy atom. The lowest BCUT2D eigenvalue weighted by atomic mass is 10.2. The van der Waals surface area contributed by atoms with Crippen LogP contribution in [0.2, 0.25) is 0 Å². The van der Waals surface area contributed by atoms with Crippen LogP contribution >= 0.6 is 0 Å². The Bertz CT molecular complexity index is 173. The monoisotopic (exact) mass is 195 g/mol. The highest BCUT2D eigenvalue weighted by molar-refractivity contribution is 5.91. The Kier molecular flexibility index (Phi) is 4.81. The standard InChI is InChI=1S/C4H7NO4.C2H6O2/c5-1-2(6)4(8)3(7)9-4;3-1-2-4/h2,6,8H,1,5H2;3-4H,1-2H2. The number of aliphatic hydroxyl groups is 4. The van der Waals surface area contributed by atoms with Crippen molar-refractivity contribution in [2.45, 2.75) is 11.9 Å².